The van der Waals surface area contributed by atoms with E-state index < -0.39 is 21.7 Å². The van der Waals surface area contributed by atoms with Gasteiger partial charge in [0.2, 0.25) is 0 Å². The molecule has 0 aromatic heterocycles. The number of hydrogen-bond acceptors (Lipinski definition) is 6. The SMILES string of the molecule is O=C1c2ccccc2C(=O)N1CCS(=O)(=O)Cc1ccc2c(c1)N(CC1=CCC=N1)CC2. The van der Waals surface area contributed by atoms with Gasteiger partial charge in [-0.15, -0.1) is 0 Å². The van der Waals surface area contributed by atoms with Gasteiger partial charge in [-0.05, 0) is 35.7 Å². The highest BCUT2D eigenvalue weighted by molar-refractivity contribution is 7.90. The topological polar surface area (TPSA) is 87.1 Å². The predicted octanol–water partition coefficient (Wildman–Crippen LogP) is 2.62. The molecule has 32 heavy (non-hydrogen) atoms. The summed E-state index contributed by atoms with van der Waals surface area (Å²) in [6.07, 6.45) is 5.79. The number of anilines is 1. The molecule has 0 radical (unpaired) electrons. The number of carbonyl (C=O) groups excluding carboxylic acids is 2. The highest BCUT2D eigenvalue weighted by Crippen LogP contribution is 2.31. The standard InChI is InChI=1S/C24H23N3O4S/c28-23-20-5-1-2-6-21(20)24(29)27(23)12-13-32(30,31)16-17-7-8-18-9-11-26(22(18)14-17)15-19-4-3-10-25-19/h1-2,4-8,10,14H,3,9,11-13,15-16H2. The van der Waals surface area contributed by atoms with Gasteiger partial charge in [-0.3, -0.25) is 19.5 Å². The Morgan fingerprint density at radius 3 is 2.44 bits per heavy atom. The maximum absolute atomic E-state index is 12.8. The second kappa shape index (κ2) is 8.02. The Kier molecular flexibility index (Phi) is 5.17. The summed E-state index contributed by atoms with van der Waals surface area (Å²) < 4.78 is 25.6. The van der Waals surface area contributed by atoms with Gasteiger partial charge in [0.05, 0.1) is 34.9 Å². The highest BCUT2D eigenvalue weighted by atomic mass is 32.2. The van der Waals surface area contributed by atoms with Crippen LogP contribution in [0.3, 0.4) is 0 Å². The van der Waals surface area contributed by atoms with Crippen LogP contribution in [0.5, 0.6) is 0 Å². The lowest BCUT2D eigenvalue weighted by Gasteiger charge is -2.20. The number of nitrogens with zero attached hydrogens (tertiary/aromatic N) is 3. The Balaban J connectivity index is 1.26. The average Bonchev–Trinajstić information content (AvgIpc) is 3.48. The minimum absolute atomic E-state index is 0.127. The number of amides is 2. The van der Waals surface area contributed by atoms with Gasteiger partial charge in [-0.1, -0.05) is 30.3 Å². The van der Waals surface area contributed by atoms with E-state index in [9.17, 15) is 18.0 Å². The first-order chi connectivity index (χ1) is 15.4. The summed E-state index contributed by atoms with van der Waals surface area (Å²) in [4.78, 5) is 32.6. The van der Waals surface area contributed by atoms with Crippen LogP contribution >= 0.6 is 0 Å². The summed E-state index contributed by atoms with van der Waals surface area (Å²) >= 11 is 0. The fourth-order valence-corrected chi connectivity index (χ4v) is 5.75. The van der Waals surface area contributed by atoms with Crippen molar-refractivity contribution >= 4 is 33.6 Å². The normalized spacial score (nSPS) is 17.2. The third-order valence-electron chi connectivity index (χ3n) is 6.10. The first-order valence-corrected chi connectivity index (χ1v) is 12.5. The zero-order valence-corrected chi connectivity index (χ0v) is 18.3. The average molecular weight is 450 g/mol. The van der Waals surface area contributed by atoms with E-state index in [2.05, 4.69) is 16.0 Å². The smallest absolute Gasteiger partial charge is 0.261 e. The lowest BCUT2D eigenvalue weighted by molar-refractivity contribution is 0.0664. The molecule has 3 heterocycles. The van der Waals surface area contributed by atoms with Gasteiger partial charge in [0, 0.05) is 31.4 Å². The molecule has 164 valence electrons. The summed E-state index contributed by atoms with van der Waals surface area (Å²) in [7, 11) is -3.51. The Morgan fingerprint density at radius 2 is 1.75 bits per heavy atom. The molecule has 5 rings (SSSR count). The van der Waals surface area contributed by atoms with Crippen LogP contribution in [0.15, 0.2) is 59.2 Å². The minimum Gasteiger partial charge on any atom is -0.365 e. The number of allylic oxidation sites excluding steroid dienone is 1. The lowest BCUT2D eigenvalue weighted by Crippen LogP contribution is -2.34. The van der Waals surface area contributed by atoms with Crippen LogP contribution in [-0.2, 0) is 22.0 Å². The molecule has 0 saturated carbocycles. The molecule has 3 aliphatic heterocycles. The van der Waals surface area contributed by atoms with Crippen LogP contribution in [-0.4, -0.2) is 56.7 Å². The zero-order valence-electron chi connectivity index (χ0n) is 17.5. The minimum atomic E-state index is -3.51. The molecule has 2 aromatic carbocycles. The van der Waals surface area contributed by atoms with E-state index in [1.807, 2.05) is 24.4 Å². The van der Waals surface area contributed by atoms with Crippen molar-refractivity contribution in [2.75, 3.05) is 30.3 Å². The van der Waals surface area contributed by atoms with Gasteiger partial charge >= 0.3 is 0 Å². The van der Waals surface area contributed by atoms with E-state index in [4.69, 9.17) is 0 Å². The van der Waals surface area contributed by atoms with Gasteiger partial charge in [0.25, 0.3) is 11.8 Å². The number of aliphatic imine (C=N–C) groups is 1. The predicted molar refractivity (Wildman–Crippen MR) is 123 cm³/mol. The van der Waals surface area contributed by atoms with Gasteiger partial charge < -0.3 is 4.90 Å². The number of rotatable bonds is 7. The molecule has 2 aromatic rings. The fraction of sp³-hybridized carbons (Fsp3) is 0.292. The second-order valence-electron chi connectivity index (χ2n) is 8.28. The molecule has 0 aliphatic carbocycles. The molecule has 0 N–H and O–H groups in total. The van der Waals surface area contributed by atoms with Crippen LogP contribution < -0.4 is 4.90 Å². The third-order valence-corrected chi connectivity index (χ3v) is 7.68. The van der Waals surface area contributed by atoms with Crippen LogP contribution in [0.2, 0.25) is 0 Å². The summed E-state index contributed by atoms with van der Waals surface area (Å²) in [5.74, 6) is -1.25. The zero-order chi connectivity index (χ0) is 22.3. The van der Waals surface area contributed by atoms with Crippen LogP contribution in [0.1, 0.15) is 38.3 Å². The monoisotopic (exact) mass is 449 g/mol. The first-order valence-electron chi connectivity index (χ1n) is 10.7. The Morgan fingerprint density at radius 1 is 1.00 bits per heavy atom. The van der Waals surface area contributed by atoms with Crippen molar-refractivity contribution in [3.63, 3.8) is 0 Å². The quantitative estimate of drug-likeness (QED) is 0.607. The largest absolute Gasteiger partial charge is 0.365 e. The van der Waals surface area contributed by atoms with Crippen molar-refractivity contribution in [2.24, 2.45) is 4.99 Å². The summed E-state index contributed by atoms with van der Waals surface area (Å²) in [6.45, 7) is 1.47. The third kappa shape index (κ3) is 3.86. The Hall–Kier alpha value is -3.26. The number of sulfone groups is 1. The number of fused-ring (bicyclic) bond motifs is 2. The maximum atomic E-state index is 12.8. The Bertz CT molecular complexity index is 1240. The summed E-state index contributed by atoms with van der Waals surface area (Å²) in [6, 6.07) is 12.4. The van der Waals surface area contributed by atoms with E-state index in [0.717, 1.165) is 42.2 Å². The van der Waals surface area contributed by atoms with Gasteiger partial charge in [0.15, 0.2) is 9.84 Å². The molecule has 0 saturated heterocycles. The molecule has 3 aliphatic rings. The van der Waals surface area contributed by atoms with Gasteiger partial charge in [-0.2, -0.15) is 0 Å². The van der Waals surface area contributed by atoms with Gasteiger partial charge in [-0.25, -0.2) is 8.42 Å². The fourth-order valence-electron chi connectivity index (χ4n) is 4.46. The molecule has 0 fully saturated rings. The lowest BCUT2D eigenvalue weighted by atomic mass is 10.1. The number of benzene rings is 2. The molecule has 8 heteroatoms. The molecule has 0 unspecified atom stereocenters. The molecular formula is C24H23N3O4S. The number of imide groups is 1. The number of carbonyl (C=O) groups is 2. The van der Waals surface area contributed by atoms with Crippen LogP contribution in [0.4, 0.5) is 5.69 Å². The van der Waals surface area contributed by atoms with E-state index in [0.29, 0.717) is 16.7 Å². The first kappa shape index (κ1) is 20.6. The van der Waals surface area contributed by atoms with Crippen molar-refractivity contribution in [3.8, 4) is 0 Å². The molecule has 7 nitrogen and oxygen atoms in total. The molecule has 0 atom stereocenters. The summed E-state index contributed by atoms with van der Waals surface area (Å²) in [5.41, 5.74) is 4.67. The Labute approximate surface area is 187 Å². The van der Waals surface area contributed by atoms with Gasteiger partial charge in [0.1, 0.15) is 0 Å². The molecular weight excluding hydrogens is 426 g/mol. The van der Waals surface area contributed by atoms with Crippen molar-refractivity contribution in [1.29, 1.82) is 0 Å². The summed E-state index contributed by atoms with van der Waals surface area (Å²) in [5, 5.41) is 0. The van der Waals surface area contributed by atoms with Crippen molar-refractivity contribution in [2.45, 2.75) is 18.6 Å². The van der Waals surface area contributed by atoms with Crippen molar-refractivity contribution in [1.82, 2.24) is 4.90 Å². The van der Waals surface area contributed by atoms with E-state index in [1.54, 1.807) is 24.3 Å². The van der Waals surface area contributed by atoms with Crippen LogP contribution in [0.25, 0.3) is 0 Å². The molecule has 2 amide bonds. The molecule has 0 spiro atoms. The van der Waals surface area contributed by atoms with Crippen LogP contribution in [0, 0.1) is 0 Å². The van der Waals surface area contributed by atoms with E-state index >= 15 is 0 Å². The van der Waals surface area contributed by atoms with Crippen molar-refractivity contribution in [3.05, 3.63) is 76.5 Å². The number of hydrogen-bond donors (Lipinski definition) is 0. The van der Waals surface area contributed by atoms with E-state index in [1.165, 1.54) is 5.56 Å². The molecule has 0 bridgehead atoms. The second-order valence-corrected chi connectivity index (χ2v) is 10.5. The highest BCUT2D eigenvalue weighted by Gasteiger charge is 2.35. The maximum Gasteiger partial charge on any atom is 0.261 e. The van der Waals surface area contributed by atoms with Crippen molar-refractivity contribution < 1.29 is 18.0 Å². The van der Waals surface area contributed by atoms with E-state index in [-0.39, 0.29) is 18.1 Å².